The first-order valence-electron chi connectivity index (χ1n) is 8.19. The van der Waals surface area contributed by atoms with Crippen LogP contribution < -0.4 is 10.6 Å². The Hall–Kier alpha value is -1.62. The van der Waals surface area contributed by atoms with Crippen LogP contribution in [0.4, 0.5) is 11.4 Å². The molecule has 1 rings (SSSR count). The number of nitrogens with two attached hydrogens (primary N) is 1. The molecule has 0 amide bonds. The number of rotatable bonds is 10. The van der Waals surface area contributed by atoms with E-state index in [9.17, 15) is 10.1 Å². The fraction of sp³-hybridized carbons (Fsp3) is 0.647. The van der Waals surface area contributed by atoms with Gasteiger partial charge in [0.1, 0.15) is 0 Å². The van der Waals surface area contributed by atoms with E-state index in [0.29, 0.717) is 0 Å². The Bertz CT molecular complexity index is 446. The summed E-state index contributed by atoms with van der Waals surface area (Å²) in [6.45, 7) is 8.29. The maximum absolute atomic E-state index is 10.8. The van der Waals surface area contributed by atoms with E-state index < -0.39 is 0 Å². The second-order valence-electron chi connectivity index (χ2n) is 6.28. The molecule has 1 unspecified atom stereocenters. The van der Waals surface area contributed by atoms with Crippen LogP contribution in [-0.2, 0) is 0 Å². The monoisotopic (exact) mass is 307 g/mol. The summed E-state index contributed by atoms with van der Waals surface area (Å²) < 4.78 is 0. The molecular formula is C17H29N3O2. The number of benzene rings is 1. The van der Waals surface area contributed by atoms with Crippen molar-refractivity contribution in [1.82, 2.24) is 0 Å². The van der Waals surface area contributed by atoms with Gasteiger partial charge in [-0.25, -0.2) is 0 Å². The van der Waals surface area contributed by atoms with Gasteiger partial charge in [-0.2, -0.15) is 0 Å². The maximum Gasteiger partial charge on any atom is 0.269 e. The molecule has 0 radical (unpaired) electrons. The summed E-state index contributed by atoms with van der Waals surface area (Å²) >= 11 is 0. The topological polar surface area (TPSA) is 72.4 Å². The van der Waals surface area contributed by atoms with Crippen LogP contribution >= 0.6 is 0 Å². The molecule has 0 heterocycles. The highest BCUT2D eigenvalue weighted by molar-refractivity contribution is 5.51. The van der Waals surface area contributed by atoms with Gasteiger partial charge in [-0.05, 0) is 30.9 Å². The van der Waals surface area contributed by atoms with E-state index in [1.807, 2.05) is 12.1 Å². The average Bonchev–Trinajstić information content (AvgIpc) is 2.49. The summed E-state index contributed by atoms with van der Waals surface area (Å²) in [5.41, 5.74) is 7.23. The van der Waals surface area contributed by atoms with Gasteiger partial charge in [0, 0.05) is 37.0 Å². The van der Waals surface area contributed by atoms with E-state index >= 15 is 0 Å². The molecule has 0 aliphatic carbocycles. The Labute approximate surface area is 133 Å². The second-order valence-corrected chi connectivity index (χ2v) is 6.28. The molecule has 0 spiro atoms. The van der Waals surface area contributed by atoms with Crippen LogP contribution in [0.3, 0.4) is 0 Å². The van der Waals surface area contributed by atoms with Crippen molar-refractivity contribution in [3.05, 3.63) is 34.4 Å². The first-order valence-corrected chi connectivity index (χ1v) is 8.19. The lowest BCUT2D eigenvalue weighted by atomic mass is 10.1. The number of hydrogen-bond donors (Lipinski definition) is 1. The Balaban J connectivity index is 2.69. The molecule has 0 aliphatic rings. The Morgan fingerprint density at radius 2 is 1.86 bits per heavy atom. The number of non-ortho nitro benzene ring substituents is 1. The minimum atomic E-state index is -0.367. The van der Waals surface area contributed by atoms with Crippen LogP contribution in [0.15, 0.2) is 24.3 Å². The highest BCUT2D eigenvalue weighted by atomic mass is 16.6. The predicted molar refractivity (Wildman–Crippen MR) is 92.3 cm³/mol. The highest BCUT2D eigenvalue weighted by Gasteiger charge is 2.12. The molecule has 5 nitrogen and oxygen atoms in total. The normalized spacial score (nSPS) is 12.4. The fourth-order valence-corrected chi connectivity index (χ4v) is 2.38. The van der Waals surface area contributed by atoms with Gasteiger partial charge >= 0.3 is 0 Å². The SMILES string of the molecule is CCC(N)CN(CCCCC(C)C)c1ccc([N+](=O)[O-])cc1. The first kappa shape index (κ1) is 18.4. The van der Waals surface area contributed by atoms with Gasteiger partial charge in [0.15, 0.2) is 0 Å². The molecule has 0 saturated heterocycles. The van der Waals surface area contributed by atoms with Crippen molar-refractivity contribution in [2.24, 2.45) is 11.7 Å². The molecule has 0 aliphatic heterocycles. The van der Waals surface area contributed by atoms with Crippen LogP contribution in [0.2, 0.25) is 0 Å². The number of unbranched alkanes of at least 4 members (excludes halogenated alkanes) is 1. The van der Waals surface area contributed by atoms with Gasteiger partial charge in [0.25, 0.3) is 5.69 Å². The van der Waals surface area contributed by atoms with E-state index in [-0.39, 0.29) is 16.7 Å². The zero-order chi connectivity index (χ0) is 16.5. The van der Waals surface area contributed by atoms with Gasteiger partial charge in [0.05, 0.1) is 4.92 Å². The third-order valence-electron chi connectivity index (χ3n) is 3.86. The minimum absolute atomic E-state index is 0.125. The van der Waals surface area contributed by atoms with Gasteiger partial charge < -0.3 is 10.6 Å². The first-order chi connectivity index (χ1) is 10.4. The van der Waals surface area contributed by atoms with E-state index in [0.717, 1.165) is 37.5 Å². The molecule has 124 valence electrons. The molecule has 2 N–H and O–H groups in total. The maximum atomic E-state index is 10.8. The Morgan fingerprint density at radius 3 is 2.36 bits per heavy atom. The molecule has 1 aromatic rings. The summed E-state index contributed by atoms with van der Waals surface area (Å²) in [4.78, 5) is 12.6. The highest BCUT2D eigenvalue weighted by Crippen LogP contribution is 2.20. The standard InChI is InChI=1S/C17H29N3O2/c1-4-15(18)13-19(12-6-5-7-14(2)3)16-8-10-17(11-9-16)20(21)22/h8-11,14-15H,4-7,12-13,18H2,1-3H3. The zero-order valence-corrected chi connectivity index (χ0v) is 14.0. The van der Waals surface area contributed by atoms with Crippen molar-refractivity contribution in [3.63, 3.8) is 0 Å². The molecule has 5 heteroatoms. The summed E-state index contributed by atoms with van der Waals surface area (Å²) in [6, 6.07) is 6.90. The molecule has 1 aromatic carbocycles. The summed E-state index contributed by atoms with van der Waals surface area (Å²) in [5, 5.41) is 10.8. The predicted octanol–water partition coefficient (Wildman–Crippen LogP) is 3.96. The number of hydrogen-bond acceptors (Lipinski definition) is 4. The van der Waals surface area contributed by atoms with Crippen LogP contribution in [0.5, 0.6) is 0 Å². The molecular weight excluding hydrogens is 278 g/mol. The Kier molecular flexibility index (Phi) is 7.88. The van der Waals surface area contributed by atoms with E-state index in [1.54, 1.807) is 12.1 Å². The van der Waals surface area contributed by atoms with Crippen molar-refractivity contribution in [1.29, 1.82) is 0 Å². The van der Waals surface area contributed by atoms with Crippen LogP contribution in [0.1, 0.15) is 46.5 Å². The Morgan fingerprint density at radius 1 is 1.23 bits per heavy atom. The molecule has 0 fully saturated rings. The number of anilines is 1. The lowest BCUT2D eigenvalue weighted by Gasteiger charge is -2.27. The van der Waals surface area contributed by atoms with Gasteiger partial charge in [-0.1, -0.05) is 33.6 Å². The van der Waals surface area contributed by atoms with E-state index in [2.05, 4.69) is 25.7 Å². The molecule has 0 saturated carbocycles. The number of nitro groups is 1. The fourth-order valence-electron chi connectivity index (χ4n) is 2.38. The number of nitrogens with zero attached hydrogens (tertiary/aromatic N) is 2. The third-order valence-corrected chi connectivity index (χ3v) is 3.86. The van der Waals surface area contributed by atoms with Crippen molar-refractivity contribution in [2.45, 2.75) is 52.5 Å². The van der Waals surface area contributed by atoms with Crippen molar-refractivity contribution in [2.75, 3.05) is 18.0 Å². The zero-order valence-electron chi connectivity index (χ0n) is 14.0. The molecule has 0 bridgehead atoms. The van der Waals surface area contributed by atoms with E-state index in [4.69, 9.17) is 5.73 Å². The van der Waals surface area contributed by atoms with Crippen LogP contribution in [-0.4, -0.2) is 24.1 Å². The summed E-state index contributed by atoms with van der Waals surface area (Å²) in [7, 11) is 0. The third kappa shape index (κ3) is 6.43. The van der Waals surface area contributed by atoms with E-state index in [1.165, 1.54) is 12.8 Å². The molecule has 22 heavy (non-hydrogen) atoms. The number of nitro benzene ring substituents is 1. The van der Waals surface area contributed by atoms with Crippen molar-refractivity contribution < 1.29 is 4.92 Å². The van der Waals surface area contributed by atoms with Crippen molar-refractivity contribution in [3.8, 4) is 0 Å². The smallest absolute Gasteiger partial charge is 0.269 e. The molecule has 0 aromatic heterocycles. The van der Waals surface area contributed by atoms with Gasteiger partial charge in [-0.3, -0.25) is 10.1 Å². The van der Waals surface area contributed by atoms with Crippen LogP contribution in [0.25, 0.3) is 0 Å². The summed E-state index contributed by atoms with van der Waals surface area (Å²) in [6.07, 6.45) is 4.47. The average molecular weight is 307 g/mol. The van der Waals surface area contributed by atoms with Crippen LogP contribution in [0, 0.1) is 16.0 Å². The quantitative estimate of drug-likeness (QED) is 0.403. The minimum Gasteiger partial charge on any atom is -0.370 e. The lowest BCUT2D eigenvalue weighted by molar-refractivity contribution is -0.384. The largest absolute Gasteiger partial charge is 0.370 e. The van der Waals surface area contributed by atoms with Gasteiger partial charge in [0.2, 0.25) is 0 Å². The van der Waals surface area contributed by atoms with Gasteiger partial charge in [-0.15, -0.1) is 0 Å². The molecule has 1 atom stereocenters. The van der Waals surface area contributed by atoms with Crippen molar-refractivity contribution >= 4 is 11.4 Å². The second kappa shape index (κ2) is 9.41. The lowest BCUT2D eigenvalue weighted by Crippen LogP contribution is -2.37. The summed E-state index contributed by atoms with van der Waals surface area (Å²) in [5.74, 6) is 0.728.